The Labute approximate surface area is 73.0 Å². The van der Waals surface area contributed by atoms with Gasteiger partial charge in [0.05, 0.1) is 0 Å². The van der Waals surface area contributed by atoms with Crippen molar-refractivity contribution in [1.82, 2.24) is 0 Å². The second-order valence-electron chi connectivity index (χ2n) is 2.34. The molecular weight excluding hydrogens is 180 g/mol. The normalized spacial score (nSPS) is 9.77. The van der Waals surface area contributed by atoms with E-state index in [9.17, 15) is 13.6 Å². The van der Waals surface area contributed by atoms with Gasteiger partial charge in [-0.3, -0.25) is 4.79 Å². The maximum Gasteiger partial charge on any atom is 0.250 e. The highest BCUT2D eigenvalue weighted by molar-refractivity contribution is 5.91. The number of nitrogens with one attached hydrogen (secondary N) is 1. The van der Waals surface area contributed by atoms with Gasteiger partial charge in [-0.15, -0.1) is 0 Å². The van der Waals surface area contributed by atoms with Crippen LogP contribution in [0.25, 0.3) is 0 Å². The minimum absolute atomic E-state index is 0.109. The topological polar surface area (TPSA) is 49.3 Å². The lowest BCUT2D eigenvalue weighted by atomic mass is 10.3. The summed E-state index contributed by atoms with van der Waals surface area (Å²) >= 11 is 0. The monoisotopic (exact) mass is 187 g/mol. The Morgan fingerprint density at radius 2 is 2.08 bits per heavy atom. The zero-order valence-corrected chi connectivity index (χ0v) is 6.55. The van der Waals surface area contributed by atoms with Crippen molar-refractivity contribution >= 4 is 11.6 Å². The van der Waals surface area contributed by atoms with Gasteiger partial charge in [0.2, 0.25) is 5.91 Å². The van der Waals surface area contributed by atoms with E-state index in [-0.39, 0.29) is 5.69 Å². The number of aliphatic hydroxyl groups is 1. The number of carbonyl (C=O) groups is 1. The summed E-state index contributed by atoms with van der Waals surface area (Å²) in [7, 11) is 0. The molecule has 0 fully saturated rings. The Bertz CT molecular complexity index is 328. The first-order chi connectivity index (χ1) is 6.13. The Hall–Kier alpha value is -1.49. The Kier molecular flexibility index (Phi) is 2.92. The summed E-state index contributed by atoms with van der Waals surface area (Å²) in [5.41, 5.74) is 0.109. The van der Waals surface area contributed by atoms with Crippen molar-refractivity contribution in [2.24, 2.45) is 0 Å². The standard InChI is InChI=1S/C8H7F2NO2/c9-6-2-1-5(3-7(6)10)11-8(13)4-12/h1-3,12H,4H2,(H,11,13). The molecule has 0 atom stereocenters. The minimum atomic E-state index is -1.05. The third kappa shape index (κ3) is 2.48. The molecule has 0 aliphatic heterocycles. The fourth-order valence-electron chi connectivity index (χ4n) is 0.774. The van der Waals surface area contributed by atoms with E-state index in [2.05, 4.69) is 5.32 Å². The molecule has 3 nitrogen and oxygen atoms in total. The smallest absolute Gasteiger partial charge is 0.250 e. The number of aliphatic hydroxyl groups excluding tert-OH is 1. The molecule has 1 aromatic carbocycles. The maximum absolute atomic E-state index is 12.5. The number of benzene rings is 1. The number of halogens is 2. The number of anilines is 1. The van der Waals surface area contributed by atoms with Gasteiger partial charge in [-0.25, -0.2) is 8.78 Å². The molecule has 0 unspecified atom stereocenters. The third-order valence-electron chi connectivity index (χ3n) is 1.35. The number of hydrogen-bond donors (Lipinski definition) is 2. The van der Waals surface area contributed by atoms with Crippen LogP contribution in [0.3, 0.4) is 0 Å². The summed E-state index contributed by atoms with van der Waals surface area (Å²) in [5, 5.41) is 10.5. The molecule has 0 aromatic heterocycles. The highest BCUT2D eigenvalue weighted by Gasteiger charge is 2.04. The molecule has 0 saturated carbocycles. The summed E-state index contributed by atoms with van der Waals surface area (Å²) in [6.07, 6.45) is 0. The molecule has 5 heteroatoms. The summed E-state index contributed by atoms with van der Waals surface area (Å²) in [4.78, 5) is 10.6. The van der Waals surface area contributed by atoms with Crippen LogP contribution in [0, 0.1) is 11.6 Å². The molecule has 1 rings (SSSR count). The number of rotatable bonds is 2. The van der Waals surface area contributed by atoms with E-state index in [1.807, 2.05) is 0 Å². The Morgan fingerprint density at radius 3 is 2.62 bits per heavy atom. The van der Waals surface area contributed by atoms with Crippen LogP contribution in [0.1, 0.15) is 0 Å². The summed E-state index contributed by atoms with van der Waals surface area (Å²) in [5.74, 6) is -2.70. The van der Waals surface area contributed by atoms with E-state index < -0.39 is 24.1 Å². The van der Waals surface area contributed by atoms with Crippen molar-refractivity contribution in [2.75, 3.05) is 11.9 Å². The van der Waals surface area contributed by atoms with Crippen molar-refractivity contribution in [2.45, 2.75) is 0 Å². The van der Waals surface area contributed by atoms with Crippen LogP contribution < -0.4 is 5.32 Å². The van der Waals surface area contributed by atoms with Gasteiger partial charge >= 0.3 is 0 Å². The highest BCUT2D eigenvalue weighted by Crippen LogP contribution is 2.12. The first kappa shape index (κ1) is 9.60. The van der Waals surface area contributed by atoms with Gasteiger partial charge < -0.3 is 10.4 Å². The van der Waals surface area contributed by atoms with E-state index in [4.69, 9.17) is 5.11 Å². The van der Waals surface area contributed by atoms with Crippen LogP contribution in [-0.4, -0.2) is 17.6 Å². The van der Waals surface area contributed by atoms with Gasteiger partial charge in [0, 0.05) is 11.8 Å². The number of hydrogen-bond acceptors (Lipinski definition) is 2. The zero-order valence-electron chi connectivity index (χ0n) is 6.55. The van der Waals surface area contributed by atoms with Crippen molar-refractivity contribution in [1.29, 1.82) is 0 Å². The minimum Gasteiger partial charge on any atom is -0.387 e. The average molecular weight is 187 g/mol. The molecule has 0 aliphatic rings. The first-order valence-corrected chi connectivity index (χ1v) is 3.49. The lowest BCUT2D eigenvalue weighted by molar-refractivity contribution is -0.118. The van der Waals surface area contributed by atoms with Crippen LogP contribution >= 0.6 is 0 Å². The summed E-state index contributed by atoms with van der Waals surface area (Å²) in [6.45, 7) is -0.695. The van der Waals surface area contributed by atoms with Gasteiger partial charge in [0.15, 0.2) is 11.6 Å². The SMILES string of the molecule is O=C(CO)Nc1ccc(F)c(F)c1. The van der Waals surface area contributed by atoms with Crippen LogP contribution in [0.15, 0.2) is 18.2 Å². The predicted molar refractivity (Wildman–Crippen MR) is 42.1 cm³/mol. The Morgan fingerprint density at radius 1 is 1.38 bits per heavy atom. The van der Waals surface area contributed by atoms with Crippen molar-refractivity contribution in [3.8, 4) is 0 Å². The van der Waals surface area contributed by atoms with E-state index in [0.29, 0.717) is 0 Å². The molecule has 0 heterocycles. The fraction of sp³-hybridized carbons (Fsp3) is 0.125. The Balaban J connectivity index is 2.79. The lowest BCUT2D eigenvalue weighted by Crippen LogP contribution is -2.15. The van der Waals surface area contributed by atoms with Crippen molar-refractivity contribution < 1.29 is 18.7 Å². The lowest BCUT2D eigenvalue weighted by Gasteiger charge is -2.02. The van der Waals surface area contributed by atoms with Crippen LogP contribution in [-0.2, 0) is 4.79 Å². The van der Waals surface area contributed by atoms with Crippen molar-refractivity contribution in [3.63, 3.8) is 0 Å². The molecule has 2 N–H and O–H groups in total. The van der Waals surface area contributed by atoms with Gasteiger partial charge in [0.1, 0.15) is 6.61 Å². The molecule has 0 aliphatic carbocycles. The molecule has 1 amide bonds. The second kappa shape index (κ2) is 3.95. The van der Waals surface area contributed by atoms with Gasteiger partial charge in [-0.1, -0.05) is 0 Å². The quantitative estimate of drug-likeness (QED) is 0.722. The van der Waals surface area contributed by atoms with Crippen LogP contribution in [0.4, 0.5) is 14.5 Å². The average Bonchev–Trinajstić information content (AvgIpc) is 2.11. The maximum atomic E-state index is 12.5. The molecular formula is C8H7F2NO2. The van der Waals surface area contributed by atoms with Crippen LogP contribution in [0.2, 0.25) is 0 Å². The van der Waals surface area contributed by atoms with Gasteiger partial charge in [-0.2, -0.15) is 0 Å². The second-order valence-corrected chi connectivity index (χ2v) is 2.34. The van der Waals surface area contributed by atoms with Gasteiger partial charge in [0.25, 0.3) is 0 Å². The predicted octanol–water partition coefficient (Wildman–Crippen LogP) is 0.896. The van der Waals surface area contributed by atoms with Crippen molar-refractivity contribution in [3.05, 3.63) is 29.8 Å². The molecule has 0 radical (unpaired) electrons. The number of carbonyl (C=O) groups excluding carboxylic acids is 1. The number of amides is 1. The first-order valence-electron chi connectivity index (χ1n) is 3.49. The van der Waals surface area contributed by atoms with E-state index in [0.717, 1.165) is 12.1 Å². The molecule has 70 valence electrons. The fourth-order valence-corrected chi connectivity index (χ4v) is 0.774. The van der Waals surface area contributed by atoms with E-state index >= 15 is 0 Å². The third-order valence-corrected chi connectivity index (χ3v) is 1.35. The molecule has 13 heavy (non-hydrogen) atoms. The summed E-state index contributed by atoms with van der Waals surface area (Å²) < 4.78 is 24.9. The molecule has 1 aromatic rings. The van der Waals surface area contributed by atoms with Gasteiger partial charge in [-0.05, 0) is 12.1 Å². The molecule has 0 bridgehead atoms. The highest BCUT2D eigenvalue weighted by atomic mass is 19.2. The largest absolute Gasteiger partial charge is 0.387 e. The molecule has 0 saturated heterocycles. The molecule has 0 spiro atoms. The van der Waals surface area contributed by atoms with Crippen LogP contribution in [0.5, 0.6) is 0 Å². The summed E-state index contributed by atoms with van der Waals surface area (Å²) in [6, 6.07) is 2.93. The zero-order chi connectivity index (χ0) is 9.84. The van der Waals surface area contributed by atoms with E-state index in [1.165, 1.54) is 6.07 Å². The van der Waals surface area contributed by atoms with E-state index in [1.54, 1.807) is 0 Å².